The van der Waals surface area contributed by atoms with Crippen LogP contribution in [0, 0.1) is 5.92 Å². The van der Waals surface area contributed by atoms with Crippen molar-refractivity contribution >= 4 is 11.6 Å². The SMILES string of the molecule is COCC1CCN(Cc2ccc(O)c(Cl)c2)C1. The molecule has 0 radical (unpaired) electrons. The number of phenols is 1. The van der Waals surface area contributed by atoms with Gasteiger partial charge in [-0.15, -0.1) is 0 Å². The van der Waals surface area contributed by atoms with E-state index in [1.165, 1.54) is 6.42 Å². The molecular formula is C13H18ClNO2. The first-order valence-corrected chi connectivity index (χ1v) is 6.25. The summed E-state index contributed by atoms with van der Waals surface area (Å²) < 4.78 is 5.18. The highest BCUT2D eigenvalue weighted by Crippen LogP contribution is 2.25. The molecule has 1 atom stereocenters. The second-order valence-electron chi connectivity index (χ2n) is 4.63. The van der Waals surface area contributed by atoms with E-state index < -0.39 is 0 Å². The normalized spacial score (nSPS) is 20.9. The van der Waals surface area contributed by atoms with Gasteiger partial charge in [0.2, 0.25) is 0 Å². The average Bonchev–Trinajstić information content (AvgIpc) is 2.72. The van der Waals surface area contributed by atoms with Crippen LogP contribution in [0.5, 0.6) is 5.75 Å². The molecule has 3 nitrogen and oxygen atoms in total. The lowest BCUT2D eigenvalue weighted by atomic mass is 10.1. The Morgan fingerprint density at radius 2 is 2.35 bits per heavy atom. The lowest BCUT2D eigenvalue weighted by Gasteiger charge is -2.16. The number of rotatable bonds is 4. The van der Waals surface area contributed by atoms with Gasteiger partial charge in [0, 0.05) is 20.2 Å². The van der Waals surface area contributed by atoms with E-state index >= 15 is 0 Å². The Morgan fingerprint density at radius 3 is 3.06 bits per heavy atom. The molecule has 0 bridgehead atoms. The van der Waals surface area contributed by atoms with Gasteiger partial charge in [0.25, 0.3) is 0 Å². The smallest absolute Gasteiger partial charge is 0.134 e. The third kappa shape index (κ3) is 3.35. The topological polar surface area (TPSA) is 32.7 Å². The van der Waals surface area contributed by atoms with E-state index in [0.29, 0.717) is 10.9 Å². The van der Waals surface area contributed by atoms with Crippen LogP contribution >= 0.6 is 11.6 Å². The van der Waals surface area contributed by atoms with Crippen molar-refractivity contribution in [3.05, 3.63) is 28.8 Å². The molecule has 1 saturated heterocycles. The van der Waals surface area contributed by atoms with Crippen molar-refractivity contribution < 1.29 is 9.84 Å². The first kappa shape index (κ1) is 12.7. The number of ether oxygens (including phenoxy) is 1. The molecule has 94 valence electrons. The molecule has 0 amide bonds. The molecule has 1 aromatic carbocycles. The van der Waals surface area contributed by atoms with Gasteiger partial charge in [-0.3, -0.25) is 4.90 Å². The van der Waals surface area contributed by atoms with Gasteiger partial charge in [0.05, 0.1) is 11.6 Å². The van der Waals surface area contributed by atoms with Crippen molar-refractivity contribution in [2.24, 2.45) is 5.92 Å². The molecule has 1 aromatic rings. The molecule has 17 heavy (non-hydrogen) atoms. The zero-order valence-electron chi connectivity index (χ0n) is 10.0. The summed E-state index contributed by atoms with van der Waals surface area (Å²) in [4.78, 5) is 2.40. The number of halogens is 1. The maximum atomic E-state index is 9.35. The largest absolute Gasteiger partial charge is 0.506 e. The fraction of sp³-hybridized carbons (Fsp3) is 0.538. The molecule has 4 heteroatoms. The average molecular weight is 256 g/mol. The number of aromatic hydroxyl groups is 1. The van der Waals surface area contributed by atoms with Crippen molar-refractivity contribution in [1.82, 2.24) is 4.90 Å². The summed E-state index contributed by atoms with van der Waals surface area (Å²) in [6, 6.07) is 5.41. The molecule has 1 aliphatic rings. The van der Waals surface area contributed by atoms with Gasteiger partial charge in [-0.05, 0) is 36.6 Å². The highest BCUT2D eigenvalue weighted by molar-refractivity contribution is 6.32. The first-order chi connectivity index (χ1) is 8.19. The van der Waals surface area contributed by atoms with Crippen LogP contribution in [0.25, 0.3) is 0 Å². The zero-order chi connectivity index (χ0) is 12.3. The van der Waals surface area contributed by atoms with Crippen LogP contribution in [0.4, 0.5) is 0 Å². The van der Waals surface area contributed by atoms with Crippen LogP contribution in [0.1, 0.15) is 12.0 Å². The van der Waals surface area contributed by atoms with E-state index in [2.05, 4.69) is 4.90 Å². The van der Waals surface area contributed by atoms with Crippen LogP contribution < -0.4 is 0 Å². The van der Waals surface area contributed by atoms with Gasteiger partial charge in [0.1, 0.15) is 5.75 Å². The van der Waals surface area contributed by atoms with E-state index in [0.717, 1.165) is 31.8 Å². The Balaban J connectivity index is 1.91. The van der Waals surface area contributed by atoms with Crippen LogP contribution in [0.2, 0.25) is 5.02 Å². The Kier molecular flexibility index (Phi) is 4.26. The fourth-order valence-corrected chi connectivity index (χ4v) is 2.54. The Morgan fingerprint density at radius 1 is 1.53 bits per heavy atom. The number of nitrogens with zero attached hydrogens (tertiary/aromatic N) is 1. The fourth-order valence-electron chi connectivity index (χ4n) is 2.34. The molecule has 1 heterocycles. The number of benzene rings is 1. The predicted molar refractivity (Wildman–Crippen MR) is 68.4 cm³/mol. The van der Waals surface area contributed by atoms with Crippen LogP contribution in [-0.4, -0.2) is 36.8 Å². The second-order valence-corrected chi connectivity index (χ2v) is 5.04. The van der Waals surface area contributed by atoms with Crippen molar-refractivity contribution in [3.63, 3.8) is 0 Å². The molecule has 2 rings (SSSR count). The highest BCUT2D eigenvalue weighted by Gasteiger charge is 2.22. The first-order valence-electron chi connectivity index (χ1n) is 5.87. The van der Waals surface area contributed by atoms with Gasteiger partial charge < -0.3 is 9.84 Å². The molecular weight excluding hydrogens is 238 g/mol. The van der Waals surface area contributed by atoms with E-state index in [4.69, 9.17) is 16.3 Å². The minimum Gasteiger partial charge on any atom is -0.506 e. The van der Waals surface area contributed by atoms with Gasteiger partial charge in [-0.2, -0.15) is 0 Å². The number of hydrogen-bond acceptors (Lipinski definition) is 3. The van der Waals surface area contributed by atoms with Crippen molar-refractivity contribution in [2.45, 2.75) is 13.0 Å². The summed E-state index contributed by atoms with van der Waals surface area (Å²) in [5, 5.41) is 9.78. The van der Waals surface area contributed by atoms with Gasteiger partial charge in [-0.25, -0.2) is 0 Å². The zero-order valence-corrected chi connectivity index (χ0v) is 10.8. The lowest BCUT2D eigenvalue weighted by Crippen LogP contribution is -2.21. The molecule has 1 N–H and O–H groups in total. The van der Waals surface area contributed by atoms with Crippen LogP contribution in [0.15, 0.2) is 18.2 Å². The molecule has 1 aliphatic heterocycles. The van der Waals surface area contributed by atoms with Gasteiger partial charge >= 0.3 is 0 Å². The molecule has 0 saturated carbocycles. The van der Waals surface area contributed by atoms with E-state index in [1.54, 1.807) is 13.2 Å². The number of hydrogen-bond donors (Lipinski definition) is 1. The standard InChI is InChI=1S/C13H18ClNO2/c1-17-9-11-4-5-15(8-11)7-10-2-3-13(16)12(14)6-10/h2-3,6,11,16H,4-5,7-9H2,1H3. The van der Waals surface area contributed by atoms with Crippen LogP contribution in [0.3, 0.4) is 0 Å². The lowest BCUT2D eigenvalue weighted by molar-refractivity contribution is 0.152. The van der Waals surface area contributed by atoms with E-state index in [9.17, 15) is 5.11 Å². The van der Waals surface area contributed by atoms with E-state index in [1.807, 2.05) is 12.1 Å². The van der Waals surface area contributed by atoms with Crippen molar-refractivity contribution in [2.75, 3.05) is 26.8 Å². The third-order valence-corrected chi connectivity index (χ3v) is 3.49. The number of methoxy groups -OCH3 is 1. The van der Waals surface area contributed by atoms with E-state index in [-0.39, 0.29) is 5.75 Å². The Bertz CT molecular complexity index is 384. The minimum atomic E-state index is 0.147. The monoisotopic (exact) mass is 255 g/mol. The minimum absolute atomic E-state index is 0.147. The van der Waals surface area contributed by atoms with Gasteiger partial charge in [0.15, 0.2) is 0 Å². The maximum Gasteiger partial charge on any atom is 0.134 e. The van der Waals surface area contributed by atoms with Crippen molar-refractivity contribution in [1.29, 1.82) is 0 Å². The molecule has 0 aliphatic carbocycles. The van der Waals surface area contributed by atoms with Gasteiger partial charge in [-0.1, -0.05) is 17.7 Å². The molecule has 1 unspecified atom stereocenters. The number of phenolic OH excluding ortho intramolecular Hbond substituents is 1. The summed E-state index contributed by atoms with van der Waals surface area (Å²) >= 11 is 5.89. The second kappa shape index (κ2) is 5.71. The summed E-state index contributed by atoms with van der Waals surface area (Å²) in [6.07, 6.45) is 1.19. The maximum absolute atomic E-state index is 9.35. The molecule has 1 fully saturated rings. The molecule has 0 aromatic heterocycles. The third-order valence-electron chi connectivity index (χ3n) is 3.19. The quantitative estimate of drug-likeness (QED) is 0.897. The van der Waals surface area contributed by atoms with Crippen LogP contribution in [-0.2, 0) is 11.3 Å². The summed E-state index contributed by atoms with van der Waals surface area (Å²) in [5.41, 5.74) is 1.14. The number of likely N-dealkylation sites (tertiary alicyclic amines) is 1. The summed E-state index contributed by atoms with van der Waals surface area (Å²) in [7, 11) is 1.75. The Hall–Kier alpha value is -0.770. The Labute approximate surface area is 107 Å². The molecule has 0 spiro atoms. The highest BCUT2D eigenvalue weighted by atomic mass is 35.5. The predicted octanol–water partition coefficient (Wildman–Crippen LogP) is 2.51. The summed E-state index contributed by atoms with van der Waals surface area (Å²) in [6.45, 7) is 3.91. The summed E-state index contributed by atoms with van der Waals surface area (Å²) in [5.74, 6) is 0.793. The van der Waals surface area contributed by atoms with Crippen molar-refractivity contribution in [3.8, 4) is 5.75 Å².